The van der Waals surface area contributed by atoms with E-state index in [9.17, 15) is 9.00 Å². The molecule has 1 N–H and O–H groups in total. The first-order chi connectivity index (χ1) is 5.66. The van der Waals surface area contributed by atoms with Crippen molar-refractivity contribution >= 4 is 15.6 Å². The van der Waals surface area contributed by atoms with Crippen LogP contribution in [0.15, 0.2) is 4.36 Å². The van der Waals surface area contributed by atoms with Crippen molar-refractivity contribution in [2.75, 3.05) is 24.6 Å². The highest BCUT2D eigenvalue weighted by molar-refractivity contribution is 7.94. The predicted molar refractivity (Wildman–Crippen MR) is 48.5 cm³/mol. The van der Waals surface area contributed by atoms with Gasteiger partial charge in [0.15, 0.2) is 0 Å². The Morgan fingerprint density at radius 3 is 2.58 bits per heavy atom. The fourth-order valence-electron chi connectivity index (χ4n) is 1.03. The summed E-state index contributed by atoms with van der Waals surface area (Å²) in [6, 6.07) is 0. The highest BCUT2D eigenvalue weighted by Crippen LogP contribution is 2.01. The number of nitrogens with one attached hydrogen (secondary N) is 1. The molecule has 0 saturated carbocycles. The molecule has 4 nitrogen and oxygen atoms in total. The number of hydrogen-bond donors (Lipinski definition) is 1. The van der Waals surface area contributed by atoms with Gasteiger partial charge >= 0.3 is 0 Å². The Labute approximate surface area is 72.9 Å². The summed E-state index contributed by atoms with van der Waals surface area (Å²) in [4.78, 5) is 10.9. The van der Waals surface area contributed by atoms with E-state index in [0.29, 0.717) is 31.0 Å². The Kier molecular flexibility index (Phi) is 3.22. The lowest BCUT2D eigenvalue weighted by atomic mass is 10.5. The average Bonchev–Trinajstić information content (AvgIpc) is 2.05. The van der Waals surface area contributed by atoms with E-state index in [1.54, 1.807) is 6.92 Å². The highest BCUT2D eigenvalue weighted by Gasteiger charge is 2.14. The molecule has 1 aliphatic heterocycles. The Hall–Kier alpha value is -0.420. The molecule has 1 heterocycles. The topological polar surface area (TPSA) is 58.5 Å². The number of rotatable bonds is 1. The molecule has 0 aliphatic carbocycles. The average molecular weight is 190 g/mol. The number of carbonyl (C=O) groups is 1. The van der Waals surface area contributed by atoms with Crippen molar-refractivity contribution in [3.05, 3.63) is 0 Å². The van der Waals surface area contributed by atoms with Gasteiger partial charge in [0.05, 0.1) is 9.73 Å². The van der Waals surface area contributed by atoms with Gasteiger partial charge in [-0.2, -0.15) is 4.36 Å². The van der Waals surface area contributed by atoms with Crippen molar-refractivity contribution in [2.24, 2.45) is 4.36 Å². The maximum absolute atomic E-state index is 11.7. The van der Waals surface area contributed by atoms with Gasteiger partial charge in [0.25, 0.3) is 5.91 Å². The van der Waals surface area contributed by atoms with Crippen LogP contribution in [0.25, 0.3) is 0 Å². The normalized spacial score (nSPS) is 21.8. The molecule has 0 unspecified atom stereocenters. The summed E-state index contributed by atoms with van der Waals surface area (Å²) in [5.41, 5.74) is 0. The van der Waals surface area contributed by atoms with Gasteiger partial charge in [-0.15, -0.1) is 0 Å². The minimum Gasteiger partial charge on any atom is -0.315 e. The fraction of sp³-hybridized carbons (Fsp3) is 0.857. The minimum atomic E-state index is -2.19. The van der Waals surface area contributed by atoms with Crippen LogP contribution in [0, 0.1) is 0 Å². The Balaban J connectivity index is 2.75. The molecule has 0 aromatic carbocycles. The van der Waals surface area contributed by atoms with Gasteiger partial charge in [-0.3, -0.25) is 4.79 Å². The summed E-state index contributed by atoms with van der Waals surface area (Å²) >= 11 is 0. The van der Waals surface area contributed by atoms with E-state index in [1.165, 1.54) is 0 Å². The van der Waals surface area contributed by atoms with E-state index in [-0.39, 0.29) is 5.91 Å². The minimum absolute atomic E-state index is 0.234. The molecule has 12 heavy (non-hydrogen) atoms. The zero-order chi connectivity index (χ0) is 9.03. The van der Waals surface area contributed by atoms with E-state index >= 15 is 0 Å². The molecule has 1 fully saturated rings. The van der Waals surface area contributed by atoms with Crippen LogP contribution in [-0.2, 0) is 14.5 Å². The van der Waals surface area contributed by atoms with Crippen molar-refractivity contribution in [2.45, 2.75) is 13.3 Å². The molecule has 1 saturated heterocycles. The number of hydrogen-bond acceptors (Lipinski definition) is 3. The molecule has 0 radical (unpaired) electrons. The summed E-state index contributed by atoms with van der Waals surface area (Å²) in [6.07, 6.45) is 0.352. The van der Waals surface area contributed by atoms with Gasteiger partial charge in [0, 0.05) is 31.0 Å². The first-order valence-corrected chi connectivity index (χ1v) is 5.98. The molecule has 1 aliphatic rings. The fourth-order valence-corrected chi connectivity index (χ4v) is 2.85. The molecule has 5 heteroatoms. The molecular formula is C7H14N2O2S. The van der Waals surface area contributed by atoms with Crippen LogP contribution >= 0.6 is 0 Å². The van der Waals surface area contributed by atoms with Gasteiger partial charge in [-0.1, -0.05) is 6.92 Å². The van der Waals surface area contributed by atoms with Crippen LogP contribution in [0.1, 0.15) is 13.3 Å². The van der Waals surface area contributed by atoms with Gasteiger partial charge in [0.1, 0.15) is 0 Å². The third-order valence-electron chi connectivity index (χ3n) is 1.77. The van der Waals surface area contributed by atoms with Crippen molar-refractivity contribution in [3.63, 3.8) is 0 Å². The molecule has 0 spiro atoms. The smallest absolute Gasteiger partial charge is 0.253 e. The Morgan fingerprint density at radius 2 is 2.08 bits per heavy atom. The standard InChI is InChI=1S/C7H14N2O2S/c1-2-7(10)9-12(11)5-3-8-4-6-12/h8H,2-6H2,1H3. The van der Waals surface area contributed by atoms with E-state index < -0.39 is 9.73 Å². The van der Waals surface area contributed by atoms with Crippen LogP contribution in [-0.4, -0.2) is 34.7 Å². The number of nitrogens with zero attached hydrogens (tertiary/aromatic N) is 1. The zero-order valence-electron chi connectivity index (χ0n) is 7.21. The van der Waals surface area contributed by atoms with Crippen LogP contribution in [0.5, 0.6) is 0 Å². The SMILES string of the molecule is CCC(=O)N=S1(=O)CCNCC1. The zero-order valence-corrected chi connectivity index (χ0v) is 8.02. The molecule has 0 bridgehead atoms. The number of amides is 1. The molecule has 0 aromatic heterocycles. The van der Waals surface area contributed by atoms with Crippen LogP contribution < -0.4 is 5.32 Å². The second kappa shape index (κ2) is 4.00. The van der Waals surface area contributed by atoms with E-state index in [1.807, 2.05) is 0 Å². The van der Waals surface area contributed by atoms with E-state index in [2.05, 4.69) is 9.68 Å². The van der Waals surface area contributed by atoms with Gasteiger partial charge < -0.3 is 5.32 Å². The third kappa shape index (κ3) is 2.57. The van der Waals surface area contributed by atoms with Gasteiger partial charge in [-0.25, -0.2) is 4.21 Å². The summed E-state index contributed by atoms with van der Waals surface area (Å²) in [6.45, 7) is 3.15. The molecule has 1 rings (SSSR count). The second-order valence-electron chi connectivity index (χ2n) is 2.77. The molecular weight excluding hydrogens is 176 g/mol. The lowest BCUT2D eigenvalue weighted by Crippen LogP contribution is -2.36. The summed E-state index contributed by atoms with van der Waals surface area (Å²) in [5.74, 6) is 0.791. The Bertz CT molecular complexity index is 267. The summed E-state index contributed by atoms with van der Waals surface area (Å²) in [7, 11) is -2.19. The lowest BCUT2D eigenvalue weighted by Gasteiger charge is -2.15. The van der Waals surface area contributed by atoms with Crippen molar-refractivity contribution < 1.29 is 9.00 Å². The van der Waals surface area contributed by atoms with Crippen LogP contribution in [0.2, 0.25) is 0 Å². The maximum Gasteiger partial charge on any atom is 0.253 e. The Morgan fingerprint density at radius 1 is 1.50 bits per heavy atom. The van der Waals surface area contributed by atoms with Crippen LogP contribution in [0.4, 0.5) is 0 Å². The van der Waals surface area contributed by atoms with E-state index in [0.717, 1.165) is 0 Å². The third-order valence-corrected chi connectivity index (χ3v) is 3.99. The largest absolute Gasteiger partial charge is 0.315 e. The molecule has 0 aromatic rings. The number of carbonyl (C=O) groups excluding carboxylic acids is 1. The first kappa shape index (κ1) is 9.67. The van der Waals surface area contributed by atoms with Crippen molar-refractivity contribution in [1.82, 2.24) is 5.32 Å². The maximum atomic E-state index is 11.7. The van der Waals surface area contributed by atoms with Crippen LogP contribution in [0.3, 0.4) is 0 Å². The summed E-state index contributed by atoms with van der Waals surface area (Å²) in [5, 5.41) is 3.08. The molecule has 0 atom stereocenters. The quantitative estimate of drug-likeness (QED) is 0.633. The van der Waals surface area contributed by atoms with Crippen molar-refractivity contribution in [1.29, 1.82) is 0 Å². The summed E-state index contributed by atoms with van der Waals surface area (Å²) < 4.78 is 15.5. The predicted octanol–water partition coefficient (Wildman–Crippen LogP) is -0.00580. The first-order valence-electron chi connectivity index (χ1n) is 4.12. The molecule has 1 amide bonds. The van der Waals surface area contributed by atoms with Gasteiger partial charge in [0.2, 0.25) is 0 Å². The van der Waals surface area contributed by atoms with Gasteiger partial charge in [-0.05, 0) is 0 Å². The van der Waals surface area contributed by atoms with E-state index in [4.69, 9.17) is 0 Å². The highest BCUT2D eigenvalue weighted by atomic mass is 32.2. The van der Waals surface area contributed by atoms with Crippen molar-refractivity contribution in [3.8, 4) is 0 Å². The second-order valence-corrected chi connectivity index (χ2v) is 5.31. The lowest BCUT2D eigenvalue weighted by molar-refractivity contribution is -0.117. The monoisotopic (exact) mass is 190 g/mol. The molecule has 70 valence electrons.